The predicted molar refractivity (Wildman–Crippen MR) is 76.4 cm³/mol. The van der Waals surface area contributed by atoms with E-state index in [2.05, 4.69) is 20.9 Å². The van der Waals surface area contributed by atoms with Crippen molar-refractivity contribution in [3.05, 3.63) is 47.5 Å². The second kappa shape index (κ2) is 7.49. The smallest absolute Gasteiger partial charge is 0.273 e. The zero-order valence-corrected chi connectivity index (χ0v) is 11.8. The van der Waals surface area contributed by atoms with Crippen LogP contribution >= 0.6 is 0 Å². The summed E-state index contributed by atoms with van der Waals surface area (Å²) in [5.41, 5.74) is 1.02. The maximum Gasteiger partial charge on any atom is 0.273 e. The van der Waals surface area contributed by atoms with Crippen molar-refractivity contribution >= 4 is 5.91 Å². The molecule has 0 aliphatic carbocycles. The van der Waals surface area contributed by atoms with E-state index in [1.807, 2.05) is 6.92 Å². The molecule has 1 aromatic carbocycles. The number of benzene rings is 1. The Morgan fingerprint density at radius 2 is 2.24 bits per heavy atom. The van der Waals surface area contributed by atoms with E-state index in [0.717, 1.165) is 12.1 Å². The predicted octanol–water partition coefficient (Wildman–Crippen LogP) is 0.805. The molecular formula is C14H18FN5O. The molecule has 0 aliphatic rings. The minimum absolute atomic E-state index is 0.253. The number of amides is 1. The summed E-state index contributed by atoms with van der Waals surface area (Å²) in [6.45, 7) is 4.47. The van der Waals surface area contributed by atoms with Crippen molar-refractivity contribution in [3.8, 4) is 0 Å². The number of nitrogens with one attached hydrogen (secondary N) is 2. The Morgan fingerprint density at radius 1 is 1.38 bits per heavy atom. The molecule has 0 atom stereocenters. The van der Waals surface area contributed by atoms with Crippen LogP contribution in [0.3, 0.4) is 0 Å². The van der Waals surface area contributed by atoms with Gasteiger partial charge in [-0.1, -0.05) is 24.3 Å². The molecule has 7 heteroatoms. The molecule has 2 aromatic rings. The van der Waals surface area contributed by atoms with Crippen LogP contribution in [-0.4, -0.2) is 40.5 Å². The summed E-state index contributed by atoms with van der Waals surface area (Å²) >= 11 is 0. The van der Waals surface area contributed by atoms with Gasteiger partial charge < -0.3 is 10.6 Å². The number of rotatable bonds is 7. The quantitative estimate of drug-likeness (QED) is 0.740. The molecule has 0 fully saturated rings. The molecule has 1 amide bonds. The van der Waals surface area contributed by atoms with Crippen LogP contribution in [0, 0.1) is 5.82 Å². The van der Waals surface area contributed by atoms with Crippen LogP contribution in [0.25, 0.3) is 0 Å². The first-order chi connectivity index (χ1) is 10.2. The summed E-state index contributed by atoms with van der Waals surface area (Å²) in [7, 11) is 0. The molecule has 2 N–H and O–H groups in total. The normalized spacial score (nSPS) is 10.6. The van der Waals surface area contributed by atoms with E-state index < -0.39 is 0 Å². The fourth-order valence-electron chi connectivity index (χ4n) is 1.83. The van der Waals surface area contributed by atoms with Crippen molar-refractivity contribution in [3.63, 3.8) is 0 Å². The third-order valence-corrected chi connectivity index (χ3v) is 2.84. The molecule has 112 valence electrons. The minimum Gasteiger partial charge on any atom is -0.349 e. The molecule has 6 nitrogen and oxygen atoms in total. The van der Waals surface area contributed by atoms with Gasteiger partial charge in [0, 0.05) is 13.1 Å². The van der Waals surface area contributed by atoms with Crippen molar-refractivity contribution in [2.75, 3.05) is 19.6 Å². The van der Waals surface area contributed by atoms with E-state index in [9.17, 15) is 9.18 Å². The van der Waals surface area contributed by atoms with Crippen LogP contribution in [0.5, 0.6) is 0 Å². The van der Waals surface area contributed by atoms with Gasteiger partial charge in [-0.2, -0.15) is 0 Å². The van der Waals surface area contributed by atoms with Gasteiger partial charge in [0.25, 0.3) is 5.91 Å². The number of halogens is 1. The Balaban J connectivity index is 1.90. The van der Waals surface area contributed by atoms with Gasteiger partial charge in [0.1, 0.15) is 5.82 Å². The van der Waals surface area contributed by atoms with Crippen molar-refractivity contribution in [2.24, 2.45) is 0 Å². The van der Waals surface area contributed by atoms with Crippen molar-refractivity contribution in [1.82, 2.24) is 25.6 Å². The first-order valence-electron chi connectivity index (χ1n) is 6.82. The summed E-state index contributed by atoms with van der Waals surface area (Å²) in [5, 5.41) is 13.5. The second-order valence-electron chi connectivity index (χ2n) is 4.54. The highest BCUT2D eigenvalue weighted by molar-refractivity contribution is 5.91. The topological polar surface area (TPSA) is 71.8 Å². The number of aromatic nitrogens is 3. The van der Waals surface area contributed by atoms with Gasteiger partial charge in [-0.05, 0) is 24.2 Å². The number of carbonyl (C=O) groups excluding carboxylic acids is 1. The van der Waals surface area contributed by atoms with E-state index in [1.54, 1.807) is 18.3 Å². The number of hydrogen-bond donors (Lipinski definition) is 2. The first-order valence-corrected chi connectivity index (χ1v) is 6.82. The number of hydrogen-bond acceptors (Lipinski definition) is 4. The number of nitrogens with zero attached hydrogens (tertiary/aromatic N) is 3. The lowest BCUT2D eigenvalue weighted by molar-refractivity contribution is 0.0949. The molecule has 0 unspecified atom stereocenters. The highest BCUT2D eigenvalue weighted by atomic mass is 19.1. The molecule has 0 saturated carbocycles. The summed E-state index contributed by atoms with van der Waals surface area (Å²) < 4.78 is 14.6. The molecule has 0 bridgehead atoms. The van der Waals surface area contributed by atoms with Crippen molar-refractivity contribution in [1.29, 1.82) is 0 Å². The standard InChI is InChI=1S/C14H18FN5O/c1-2-16-6-7-17-14(21)13-10-20(19-18-13)9-11-4-3-5-12(15)8-11/h3-5,8,10,16H,2,6-7,9H2,1H3,(H,17,21). The monoisotopic (exact) mass is 291 g/mol. The average molecular weight is 291 g/mol. The molecule has 21 heavy (non-hydrogen) atoms. The zero-order valence-electron chi connectivity index (χ0n) is 11.8. The Labute approximate surface area is 122 Å². The van der Waals surface area contributed by atoms with Crippen LogP contribution in [0.15, 0.2) is 30.5 Å². The third kappa shape index (κ3) is 4.64. The molecule has 0 spiro atoms. The average Bonchev–Trinajstić information content (AvgIpc) is 2.92. The van der Waals surface area contributed by atoms with Crippen molar-refractivity contribution in [2.45, 2.75) is 13.5 Å². The highest BCUT2D eigenvalue weighted by Gasteiger charge is 2.10. The van der Waals surface area contributed by atoms with Crippen LogP contribution < -0.4 is 10.6 Å². The van der Waals surface area contributed by atoms with Crippen LogP contribution in [0.2, 0.25) is 0 Å². The Kier molecular flexibility index (Phi) is 5.39. The largest absolute Gasteiger partial charge is 0.349 e. The molecule has 0 radical (unpaired) electrons. The lowest BCUT2D eigenvalue weighted by Crippen LogP contribution is -2.31. The molecular weight excluding hydrogens is 273 g/mol. The summed E-state index contributed by atoms with van der Waals surface area (Å²) in [4.78, 5) is 11.8. The van der Waals surface area contributed by atoms with Gasteiger partial charge in [0.05, 0.1) is 12.7 Å². The Bertz CT molecular complexity index is 599. The van der Waals surface area contributed by atoms with E-state index in [1.165, 1.54) is 16.8 Å². The SMILES string of the molecule is CCNCCNC(=O)c1cn(Cc2cccc(F)c2)nn1. The van der Waals surface area contributed by atoms with Gasteiger partial charge in [-0.15, -0.1) is 5.10 Å². The molecule has 1 heterocycles. The second-order valence-corrected chi connectivity index (χ2v) is 4.54. The Hall–Kier alpha value is -2.28. The maximum atomic E-state index is 13.1. The summed E-state index contributed by atoms with van der Waals surface area (Å²) in [6, 6.07) is 6.24. The van der Waals surface area contributed by atoms with E-state index in [4.69, 9.17) is 0 Å². The fourth-order valence-corrected chi connectivity index (χ4v) is 1.83. The van der Waals surface area contributed by atoms with E-state index >= 15 is 0 Å². The van der Waals surface area contributed by atoms with Gasteiger partial charge in [0.2, 0.25) is 0 Å². The van der Waals surface area contributed by atoms with Gasteiger partial charge in [0.15, 0.2) is 5.69 Å². The van der Waals surface area contributed by atoms with Crippen LogP contribution in [-0.2, 0) is 6.54 Å². The number of carbonyl (C=O) groups is 1. The third-order valence-electron chi connectivity index (χ3n) is 2.84. The van der Waals surface area contributed by atoms with E-state index in [0.29, 0.717) is 19.6 Å². The lowest BCUT2D eigenvalue weighted by atomic mass is 10.2. The summed E-state index contributed by atoms with van der Waals surface area (Å²) in [5.74, 6) is -0.563. The van der Waals surface area contributed by atoms with Crippen molar-refractivity contribution < 1.29 is 9.18 Å². The minimum atomic E-state index is -0.297. The number of likely N-dealkylation sites (N-methyl/N-ethyl adjacent to an activating group) is 1. The molecule has 1 aromatic heterocycles. The van der Waals surface area contributed by atoms with Gasteiger partial charge >= 0.3 is 0 Å². The lowest BCUT2D eigenvalue weighted by Gasteiger charge is -2.02. The van der Waals surface area contributed by atoms with Gasteiger partial charge in [-0.25, -0.2) is 9.07 Å². The highest BCUT2D eigenvalue weighted by Crippen LogP contribution is 2.05. The Morgan fingerprint density at radius 3 is 3.00 bits per heavy atom. The van der Waals surface area contributed by atoms with Gasteiger partial charge in [-0.3, -0.25) is 4.79 Å². The van der Waals surface area contributed by atoms with E-state index in [-0.39, 0.29) is 17.4 Å². The van der Waals surface area contributed by atoms with Crippen LogP contribution in [0.1, 0.15) is 23.0 Å². The molecule has 2 rings (SSSR count). The maximum absolute atomic E-state index is 13.1. The first kappa shape index (κ1) is 15.1. The molecule has 0 saturated heterocycles. The van der Waals surface area contributed by atoms with Crippen LogP contribution in [0.4, 0.5) is 4.39 Å². The zero-order chi connectivity index (χ0) is 15.1. The molecule has 0 aliphatic heterocycles. The summed E-state index contributed by atoms with van der Waals surface area (Å²) in [6.07, 6.45) is 1.55. The fraction of sp³-hybridized carbons (Fsp3) is 0.357.